The third-order valence-corrected chi connectivity index (χ3v) is 3.66. The summed E-state index contributed by atoms with van der Waals surface area (Å²) in [5.74, 6) is 0. The van der Waals surface area contributed by atoms with Crippen molar-refractivity contribution in [3.63, 3.8) is 0 Å². The fraction of sp³-hybridized carbons (Fsp3) is 0.700. The van der Waals surface area contributed by atoms with Gasteiger partial charge in [-0.3, -0.25) is 0 Å². The summed E-state index contributed by atoms with van der Waals surface area (Å²) >= 11 is 1.69. The van der Waals surface area contributed by atoms with Crippen molar-refractivity contribution in [3.8, 4) is 0 Å². The topological polar surface area (TPSA) is 48.1 Å². The van der Waals surface area contributed by atoms with Crippen LogP contribution in [0.5, 0.6) is 0 Å². The van der Waals surface area contributed by atoms with Crippen LogP contribution in [-0.2, 0) is 16.8 Å². The maximum atomic E-state index is 5.61. The Bertz CT molecular complexity index is 307. The van der Waals surface area contributed by atoms with E-state index in [9.17, 15) is 0 Å². The molecule has 2 N–H and O–H groups in total. The van der Waals surface area contributed by atoms with Crippen LogP contribution in [0.3, 0.4) is 0 Å². The zero-order valence-corrected chi connectivity index (χ0v) is 9.27. The Balaban J connectivity index is 2.08. The number of ether oxygens (including phenoxy) is 1. The van der Waals surface area contributed by atoms with Crippen molar-refractivity contribution >= 4 is 11.3 Å². The van der Waals surface area contributed by atoms with Crippen molar-refractivity contribution in [3.05, 3.63) is 16.1 Å². The van der Waals surface area contributed by atoms with Crippen molar-refractivity contribution in [2.75, 3.05) is 13.7 Å². The highest BCUT2D eigenvalue weighted by atomic mass is 32.1. The number of hydrogen-bond donors (Lipinski definition) is 1. The Kier molecular flexibility index (Phi) is 2.85. The molecule has 2 rings (SSSR count). The molecule has 14 heavy (non-hydrogen) atoms. The third-order valence-electron chi connectivity index (χ3n) is 2.84. The zero-order valence-electron chi connectivity index (χ0n) is 8.45. The molecule has 4 heteroatoms. The Hall–Kier alpha value is -0.450. The van der Waals surface area contributed by atoms with E-state index in [2.05, 4.69) is 10.4 Å². The van der Waals surface area contributed by atoms with Crippen molar-refractivity contribution < 1.29 is 4.74 Å². The Morgan fingerprint density at radius 2 is 2.43 bits per heavy atom. The molecular weight excluding hydrogens is 196 g/mol. The normalized spacial score (nSPS) is 18.4. The van der Waals surface area contributed by atoms with Gasteiger partial charge in [0.2, 0.25) is 0 Å². The van der Waals surface area contributed by atoms with Crippen LogP contribution in [0.15, 0.2) is 5.38 Å². The monoisotopic (exact) mass is 212 g/mol. The van der Waals surface area contributed by atoms with Crippen LogP contribution in [0, 0.1) is 0 Å². The molecule has 1 heterocycles. The van der Waals surface area contributed by atoms with E-state index < -0.39 is 0 Å². The molecule has 0 bridgehead atoms. The summed E-state index contributed by atoms with van der Waals surface area (Å²) in [5.41, 5.74) is 7.18. The lowest BCUT2D eigenvalue weighted by molar-refractivity contribution is 0.184. The predicted molar refractivity (Wildman–Crippen MR) is 57.4 cm³/mol. The van der Waals surface area contributed by atoms with Gasteiger partial charge < -0.3 is 10.5 Å². The molecule has 3 nitrogen and oxygen atoms in total. The van der Waals surface area contributed by atoms with E-state index in [0.717, 1.165) is 18.0 Å². The van der Waals surface area contributed by atoms with Gasteiger partial charge in [0.15, 0.2) is 0 Å². The maximum Gasteiger partial charge on any atom is 0.119 e. The SMILES string of the molecule is COCc1nc(C2(CCN)CC2)cs1. The Labute approximate surface area is 88.3 Å². The number of thiazole rings is 1. The van der Waals surface area contributed by atoms with Gasteiger partial charge in [0.25, 0.3) is 0 Å². The highest BCUT2D eigenvalue weighted by Gasteiger charge is 2.45. The molecule has 0 saturated heterocycles. The number of hydrogen-bond acceptors (Lipinski definition) is 4. The minimum atomic E-state index is 0.331. The summed E-state index contributed by atoms with van der Waals surface area (Å²) in [6, 6.07) is 0. The molecule has 1 aromatic heterocycles. The van der Waals surface area contributed by atoms with Crippen molar-refractivity contribution in [1.29, 1.82) is 0 Å². The summed E-state index contributed by atoms with van der Waals surface area (Å²) in [5, 5.41) is 3.24. The fourth-order valence-corrected chi connectivity index (χ4v) is 2.69. The second-order valence-corrected chi connectivity index (χ2v) is 4.82. The average Bonchev–Trinajstić information content (AvgIpc) is 2.79. The van der Waals surface area contributed by atoms with Crippen LogP contribution in [-0.4, -0.2) is 18.6 Å². The Morgan fingerprint density at radius 1 is 1.64 bits per heavy atom. The summed E-state index contributed by atoms with van der Waals surface area (Å²) in [4.78, 5) is 4.59. The first-order valence-corrected chi connectivity index (χ1v) is 5.82. The molecular formula is C10H16N2OS. The molecule has 0 aromatic carbocycles. The molecule has 1 aliphatic carbocycles. The summed E-state index contributed by atoms with van der Waals surface area (Å²) in [6.07, 6.45) is 3.57. The number of aromatic nitrogens is 1. The van der Waals surface area contributed by atoms with E-state index in [1.165, 1.54) is 18.5 Å². The number of nitrogens with two attached hydrogens (primary N) is 1. The molecule has 1 aromatic rings. The van der Waals surface area contributed by atoms with Gasteiger partial charge >= 0.3 is 0 Å². The smallest absolute Gasteiger partial charge is 0.119 e. The second kappa shape index (κ2) is 3.96. The number of nitrogens with zero attached hydrogens (tertiary/aromatic N) is 1. The lowest BCUT2D eigenvalue weighted by atomic mass is 9.99. The molecule has 0 spiro atoms. The molecule has 1 saturated carbocycles. The number of methoxy groups -OCH3 is 1. The molecule has 1 fully saturated rings. The minimum Gasteiger partial charge on any atom is -0.378 e. The highest BCUT2D eigenvalue weighted by molar-refractivity contribution is 7.09. The molecule has 78 valence electrons. The largest absolute Gasteiger partial charge is 0.378 e. The predicted octanol–water partition coefficient (Wildman–Crippen LogP) is 1.67. The van der Waals surface area contributed by atoms with Crippen LogP contribution in [0.25, 0.3) is 0 Å². The highest BCUT2D eigenvalue weighted by Crippen LogP contribution is 2.50. The average molecular weight is 212 g/mol. The van der Waals surface area contributed by atoms with E-state index in [0.29, 0.717) is 12.0 Å². The van der Waals surface area contributed by atoms with E-state index in [-0.39, 0.29) is 0 Å². The first-order chi connectivity index (χ1) is 6.80. The van der Waals surface area contributed by atoms with Gasteiger partial charge in [-0.25, -0.2) is 4.98 Å². The molecule has 0 radical (unpaired) electrons. The molecule has 0 amide bonds. The lowest BCUT2D eigenvalue weighted by Gasteiger charge is -2.09. The quantitative estimate of drug-likeness (QED) is 0.807. The van der Waals surface area contributed by atoms with Crippen LogP contribution >= 0.6 is 11.3 Å². The molecule has 1 aliphatic rings. The number of rotatable bonds is 5. The van der Waals surface area contributed by atoms with Gasteiger partial charge in [-0.05, 0) is 25.8 Å². The van der Waals surface area contributed by atoms with Crippen LogP contribution in [0.4, 0.5) is 0 Å². The first kappa shape index (κ1) is 10.1. The summed E-state index contributed by atoms with van der Waals surface area (Å²) in [6.45, 7) is 1.39. The van der Waals surface area contributed by atoms with E-state index in [1.54, 1.807) is 18.4 Å². The zero-order chi connectivity index (χ0) is 10.0. The van der Waals surface area contributed by atoms with Crippen molar-refractivity contribution in [2.24, 2.45) is 5.73 Å². The molecule has 0 aliphatic heterocycles. The standard InChI is InChI=1S/C10H16N2OS/c1-13-6-9-12-8(7-14-9)10(2-3-10)4-5-11/h7H,2-6,11H2,1H3. The van der Waals surface area contributed by atoms with Gasteiger partial charge in [0.1, 0.15) is 5.01 Å². The van der Waals surface area contributed by atoms with E-state index >= 15 is 0 Å². The fourth-order valence-electron chi connectivity index (χ4n) is 1.81. The van der Waals surface area contributed by atoms with Crippen molar-refractivity contribution in [2.45, 2.75) is 31.3 Å². The summed E-state index contributed by atoms with van der Waals surface area (Å²) in [7, 11) is 1.70. The van der Waals surface area contributed by atoms with Crippen LogP contribution < -0.4 is 5.73 Å². The minimum absolute atomic E-state index is 0.331. The second-order valence-electron chi connectivity index (χ2n) is 3.88. The lowest BCUT2D eigenvalue weighted by Crippen LogP contribution is -2.13. The third kappa shape index (κ3) is 1.82. The first-order valence-electron chi connectivity index (χ1n) is 4.95. The van der Waals surface area contributed by atoms with Crippen LogP contribution in [0.1, 0.15) is 30.0 Å². The van der Waals surface area contributed by atoms with Gasteiger partial charge in [-0.15, -0.1) is 11.3 Å². The summed E-state index contributed by atoms with van der Waals surface area (Å²) < 4.78 is 5.06. The Morgan fingerprint density at radius 3 is 3.00 bits per heavy atom. The maximum absolute atomic E-state index is 5.61. The van der Waals surface area contributed by atoms with Gasteiger partial charge in [-0.1, -0.05) is 0 Å². The molecule has 0 unspecified atom stereocenters. The van der Waals surface area contributed by atoms with Gasteiger partial charge in [0, 0.05) is 17.9 Å². The van der Waals surface area contributed by atoms with Crippen LogP contribution in [0.2, 0.25) is 0 Å². The van der Waals surface area contributed by atoms with Gasteiger partial charge in [0.05, 0.1) is 12.3 Å². The van der Waals surface area contributed by atoms with E-state index in [4.69, 9.17) is 10.5 Å². The van der Waals surface area contributed by atoms with Crippen molar-refractivity contribution in [1.82, 2.24) is 4.98 Å². The van der Waals surface area contributed by atoms with E-state index in [1.807, 2.05) is 0 Å². The molecule has 0 atom stereocenters. The van der Waals surface area contributed by atoms with Gasteiger partial charge in [-0.2, -0.15) is 0 Å².